The lowest BCUT2D eigenvalue weighted by atomic mass is 10.2. The van der Waals surface area contributed by atoms with Gasteiger partial charge in [-0.05, 0) is 24.6 Å². The van der Waals surface area contributed by atoms with Gasteiger partial charge in [0, 0.05) is 12.2 Å². The standard InChI is InChI=1S/C11H17FN2O2S/c1-3-4-7-13-9-5-6-10(12)11(8-9)14-17(2,15)16/h5-6,8,13-14H,3-4,7H2,1-2H3. The molecule has 0 fully saturated rings. The van der Waals surface area contributed by atoms with E-state index in [4.69, 9.17) is 0 Å². The van der Waals surface area contributed by atoms with Crippen LogP contribution in [-0.2, 0) is 10.0 Å². The second-order valence-electron chi connectivity index (χ2n) is 3.85. The van der Waals surface area contributed by atoms with Crippen molar-refractivity contribution < 1.29 is 12.8 Å². The third-order valence-electron chi connectivity index (χ3n) is 2.12. The summed E-state index contributed by atoms with van der Waals surface area (Å²) >= 11 is 0. The van der Waals surface area contributed by atoms with Gasteiger partial charge < -0.3 is 5.32 Å². The SMILES string of the molecule is CCCCNc1ccc(F)c(NS(C)(=O)=O)c1. The summed E-state index contributed by atoms with van der Waals surface area (Å²) in [4.78, 5) is 0. The fourth-order valence-electron chi connectivity index (χ4n) is 1.32. The van der Waals surface area contributed by atoms with Crippen molar-refractivity contribution in [2.75, 3.05) is 22.8 Å². The molecule has 0 aromatic heterocycles. The van der Waals surface area contributed by atoms with Crippen molar-refractivity contribution in [2.24, 2.45) is 0 Å². The molecule has 6 heteroatoms. The number of hydrogen-bond acceptors (Lipinski definition) is 3. The highest BCUT2D eigenvalue weighted by atomic mass is 32.2. The lowest BCUT2D eigenvalue weighted by Crippen LogP contribution is -2.11. The van der Waals surface area contributed by atoms with Crippen molar-refractivity contribution >= 4 is 21.4 Å². The van der Waals surface area contributed by atoms with E-state index >= 15 is 0 Å². The fourth-order valence-corrected chi connectivity index (χ4v) is 1.88. The molecule has 17 heavy (non-hydrogen) atoms. The number of rotatable bonds is 6. The summed E-state index contributed by atoms with van der Waals surface area (Å²) in [6.45, 7) is 2.85. The lowest BCUT2D eigenvalue weighted by Gasteiger charge is -2.09. The van der Waals surface area contributed by atoms with Crippen molar-refractivity contribution in [2.45, 2.75) is 19.8 Å². The average molecular weight is 260 g/mol. The van der Waals surface area contributed by atoms with Gasteiger partial charge in [-0.1, -0.05) is 13.3 Å². The molecule has 1 rings (SSSR count). The summed E-state index contributed by atoms with van der Waals surface area (Å²) in [5.41, 5.74) is 0.667. The Labute approximate surface area is 101 Å². The number of hydrogen-bond donors (Lipinski definition) is 2. The van der Waals surface area contributed by atoms with Gasteiger partial charge in [-0.25, -0.2) is 12.8 Å². The Kier molecular flexibility index (Phi) is 4.74. The van der Waals surface area contributed by atoms with Gasteiger partial charge in [0.1, 0.15) is 5.82 Å². The quantitative estimate of drug-likeness (QED) is 0.772. The fraction of sp³-hybridized carbons (Fsp3) is 0.455. The van der Waals surface area contributed by atoms with Crippen molar-refractivity contribution in [1.29, 1.82) is 0 Å². The van der Waals surface area contributed by atoms with Gasteiger partial charge in [-0.3, -0.25) is 4.72 Å². The minimum atomic E-state index is -3.46. The molecule has 0 radical (unpaired) electrons. The maximum absolute atomic E-state index is 13.3. The van der Waals surface area contributed by atoms with E-state index in [-0.39, 0.29) is 5.69 Å². The van der Waals surface area contributed by atoms with Gasteiger partial charge in [0.2, 0.25) is 10.0 Å². The van der Waals surface area contributed by atoms with Gasteiger partial charge >= 0.3 is 0 Å². The molecule has 4 nitrogen and oxygen atoms in total. The molecular formula is C11H17FN2O2S. The lowest BCUT2D eigenvalue weighted by molar-refractivity contribution is 0.604. The maximum Gasteiger partial charge on any atom is 0.229 e. The Bertz CT molecular complexity index is 474. The van der Waals surface area contributed by atoms with E-state index in [0.717, 1.165) is 25.6 Å². The van der Waals surface area contributed by atoms with Crippen LogP contribution in [0.2, 0.25) is 0 Å². The molecule has 1 aromatic rings. The van der Waals surface area contributed by atoms with Gasteiger partial charge in [-0.2, -0.15) is 0 Å². The molecule has 0 saturated heterocycles. The number of sulfonamides is 1. The third-order valence-corrected chi connectivity index (χ3v) is 2.71. The molecule has 0 aliphatic carbocycles. The van der Waals surface area contributed by atoms with E-state index in [1.165, 1.54) is 12.1 Å². The first-order chi connectivity index (χ1) is 7.92. The molecule has 0 bridgehead atoms. The normalized spacial score (nSPS) is 11.2. The van der Waals surface area contributed by atoms with E-state index in [1.807, 2.05) is 0 Å². The molecule has 0 aliphatic rings. The van der Waals surface area contributed by atoms with Crippen LogP contribution in [0.1, 0.15) is 19.8 Å². The Hall–Kier alpha value is -1.30. The Balaban J connectivity index is 2.79. The van der Waals surface area contributed by atoms with Crippen LogP contribution in [0, 0.1) is 5.82 Å². The van der Waals surface area contributed by atoms with Crippen LogP contribution in [0.4, 0.5) is 15.8 Å². The summed E-state index contributed by atoms with van der Waals surface area (Å²) in [6.07, 6.45) is 3.05. The van der Waals surface area contributed by atoms with Crippen LogP contribution in [0.5, 0.6) is 0 Å². The zero-order valence-electron chi connectivity index (χ0n) is 9.96. The van der Waals surface area contributed by atoms with Crippen molar-refractivity contribution in [3.8, 4) is 0 Å². The number of unbranched alkanes of at least 4 members (excludes halogenated alkanes) is 1. The third kappa shape index (κ3) is 5.04. The minimum Gasteiger partial charge on any atom is -0.385 e. The summed E-state index contributed by atoms with van der Waals surface area (Å²) < 4.78 is 37.5. The average Bonchev–Trinajstić information content (AvgIpc) is 2.21. The van der Waals surface area contributed by atoms with E-state index < -0.39 is 15.8 Å². The number of anilines is 2. The van der Waals surface area contributed by atoms with E-state index in [0.29, 0.717) is 5.69 Å². The summed E-state index contributed by atoms with van der Waals surface area (Å²) in [5.74, 6) is -0.587. The van der Waals surface area contributed by atoms with Crippen molar-refractivity contribution in [3.05, 3.63) is 24.0 Å². The highest BCUT2D eigenvalue weighted by Gasteiger charge is 2.08. The van der Waals surface area contributed by atoms with Crippen LogP contribution >= 0.6 is 0 Å². The Morgan fingerprint density at radius 2 is 2.06 bits per heavy atom. The first-order valence-corrected chi connectivity index (χ1v) is 7.32. The van der Waals surface area contributed by atoms with Gasteiger partial charge in [0.25, 0.3) is 0 Å². The first kappa shape index (κ1) is 13.8. The highest BCUT2D eigenvalue weighted by Crippen LogP contribution is 2.20. The highest BCUT2D eigenvalue weighted by molar-refractivity contribution is 7.92. The molecule has 0 atom stereocenters. The number of halogens is 1. The largest absolute Gasteiger partial charge is 0.385 e. The molecule has 0 spiro atoms. The summed E-state index contributed by atoms with van der Waals surface area (Å²) in [6, 6.07) is 4.27. The van der Waals surface area contributed by atoms with Crippen molar-refractivity contribution in [3.63, 3.8) is 0 Å². The molecule has 96 valence electrons. The van der Waals surface area contributed by atoms with Gasteiger partial charge in [-0.15, -0.1) is 0 Å². The molecule has 0 unspecified atom stereocenters. The number of nitrogens with one attached hydrogen (secondary N) is 2. The predicted molar refractivity (Wildman–Crippen MR) is 68.3 cm³/mol. The zero-order valence-corrected chi connectivity index (χ0v) is 10.8. The zero-order chi connectivity index (χ0) is 12.9. The molecule has 2 N–H and O–H groups in total. The van der Waals surface area contributed by atoms with E-state index in [2.05, 4.69) is 17.0 Å². The van der Waals surface area contributed by atoms with Crippen LogP contribution in [0.3, 0.4) is 0 Å². The smallest absolute Gasteiger partial charge is 0.229 e. The summed E-state index contributed by atoms with van der Waals surface area (Å²) in [7, 11) is -3.46. The van der Waals surface area contributed by atoms with Crippen LogP contribution in [-0.4, -0.2) is 21.2 Å². The molecule has 1 aromatic carbocycles. The topological polar surface area (TPSA) is 58.2 Å². The summed E-state index contributed by atoms with van der Waals surface area (Å²) in [5, 5.41) is 3.10. The monoisotopic (exact) mass is 260 g/mol. The maximum atomic E-state index is 13.3. The second kappa shape index (κ2) is 5.86. The number of benzene rings is 1. The van der Waals surface area contributed by atoms with Gasteiger partial charge in [0.05, 0.1) is 11.9 Å². The molecular weight excluding hydrogens is 243 g/mol. The van der Waals surface area contributed by atoms with Crippen LogP contribution in [0.15, 0.2) is 18.2 Å². The Morgan fingerprint density at radius 3 is 2.65 bits per heavy atom. The predicted octanol–water partition coefficient (Wildman–Crippen LogP) is 2.41. The van der Waals surface area contributed by atoms with Crippen LogP contribution < -0.4 is 10.0 Å². The van der Waals surface area contributed by atoms with Crippen molar-refractivity contribution in [1.82, 2.24) is 0 Å². The van der Waals surface area contributed by atoms with Crippen LogP contribution in [0.25, 0.3) is 0 Å². The molecule has 0 aliphatic heterocycles. The van der Waals surface area contributed by atoms with E-state index in [1.54, 1.807) is 6.07 Å². The second-order valence-corrected chi connectivity index (χ2v) is 5.60. The molecule has 0 amide bonds. The minimum absolute atomic E-state index is 0.0333. The van der Waals surface area contributed by atoms with Gasteiger partial charge in [0.15, 0.2) is 0 Å². The molecule has 0 saturated carbocycles. The Morgan fingerprint density at radius 1 is 1.35 bits per heavy atom. The molecule has 0 heterocycles. The first-order valence-electron chi connectivity index (χ1n) is 5.43. The van der Waals surface area contributed by atoms with E-state index in [9.17, 15) is 12.8 Å².